The zero-order valence-corrected chi connectivity index (χ0v) is 7.30. The Bertz CT molecular complexity index is 341. The Hall–Kier alpha value is -1.71. The third-order valence-corrected chi connectivity index (χ3v) is 1.50. The molecule has 0 spiro atoms. The van der Waals surface area contributed by atoms with E-state index in [0.717, 1.165) is 12.1 Å². The fraction of sp³-hybridized carbons (Fsp3) is 0.100. The first-order valence-corrected chi connectivity index (χ1v) is 3.89. The summed E-state index contributed by atoms with van der Waals surface area (Å²) in [6.45, 7) is 3.23. The van der Waals surface area contributed by atoms with Gasteiger partial charge in [-0.1, -0.05) is 18.7 Å². The number of carbonyl (C=O) groups excluding carboxylic acids is 1. The second-order valence-electron chi connectivity index (χ2n) is 2.48. The Balaban J connectivity index is 2.94. The van der Waals surface area contributed by atoms with Crippen LogP contribution in [0.3, 0.4) is 0 Å². The molecule has 0 radical (unpaired) electrons. The molecule has 0 aliphatic carbocycles. The molecule has 0 amide bonds. The SMILES string of the molecule is C=CCOC(=O)c1c(F)cccc1F. The fourth-order valence-corrected chi connectivity index (χ4v) is 0.900. The summed E-state index contributed by atoms with van der Waals surface area (Å²) in [5.41, 5.74) is -0.672. The van der Waals surface area contributed by atoms with Crippen LogP contribution in [0, 0.1) is 11.6 Å². The summed E-state index contributed by atoms with van der Waals surface area (Å²) in [5, 5.41) is 0. The number of rotatable bonds is 3. The van der Waals surface area contributed by atoms with Crippen LogP contribution in [0.2, 0.25) is 0 Å². The van der Waals surface area contributed by atoms with Crippen molar-refractivity contribution in [1.82, 2.24) is 0 Å². The molecule has 1 aromatic rings. The van der Waals surface area contributed by atoms with Crippen molar-refractivity contribution in [2.75, 3.05) is 6.61 Å². The van der Waals surface area contributed by atoms with Gasteiger partial charge in [0.15, 0.2) is 0 Å². The lowest BCUT2D eigenvalue weighted by Crippen LogP contribution is -2.09. The lowest BCUT2D eigenvalue weighted by Gasteiger charge is -2.03. The van der Waals surface area contributed by atoms with Crippen molar-refractivity contribution in [3.05, 3.63) is 48.1 Å². The van der Waals surface area contributed by atoms with Gasteiger partial charge in [-0.25, -0.2) is 13.6 Å². The minimum Gasteiger partial charge on any atom is -0.458 e. The summed E-state index contributed by atoms with van der Waals surface area (Å²) < 4.78 is 30.4. The van der Waals surface area contributed by atoms with Crippen LogP contribution in [-0.2, 0) is 4.74 Å². The first-order valence-electron chi connectivity index (χ1n) is 3.89. The number of benzene rings is 1. The molecule has 0 saturated heterocycles. The van der Waals surface area contributed by atoms with Crippen molar-refractivity contribution in [2.45, 2.75) is 0 Å². The Labute approximate surface area is 79.8 Å². The van der Waals surface area contributed by atoms with E-state index in [-0.39, 0.29) is 6.61 Å². The maximum Gasteiger partial charge on any atom is 0.344 e. The van der Waals surface area contributed by atoms with Gasteiger partial charge in [-0.05, 0) is 12.1 Å². The van der Waals surface area contributed by atoms with Gasteiger partial charge in [0.25, 0.3) is 0 Å². The zero-order chi connectivity index (χ0) is 10.6. The van der Waals surface area contributed by atoms with Crippen LogP contribution >= 0.6 is 0 Å². The van der Waals surface area contributed by atoms with Crippen molar-refractivity contribution >= 4 is 5.97 Å². The van der Waals surface area contributed by atoms with E-state index in [1.54, 1.807) is 0 Å². The topological polar surface area (TPSA) is 26.3 Å². The number of halogens is 2. The van der Waals surface area contributed by atoms with Gasteiger partial charge in [0, 0.05) is 0 Å². The number of hydrogen-bond donors (Lipinski definition) is 0. The van der Waals surface area contributed by atoms with Crippen molar-refractivity contribution < 1.29 is 18.3 Å². The normalized spacial score (nSPS) is 9.57. The van der Waals surface area contributed by atoms with E-state index in [2.05, 4.69) is 11.3 Å². The number of carbonyl (C=O) groups is 1. The van der Waals surface area contributed by atoms with Crippen molar-refractivity contribution in [3.8, 4) is 0 Å². The van der Waals surface area contributed by atoms with Gasteiger partial charge in [0.05, 0.1) is 0 Å². The van der Waals surface area contributed by atoms with Crippen LogP contribution in [0.15, 0.2) is 30.9 Å². The van der Waals surface area contributed by atoms with Gasteiger partial charge >= 0.3 is 5.97 Å². The monoisotopic (exact) mass is 198 g/mol. The molecule has 0 aliphatic heterocycles. The molecule has 0 heterocycles. The average molecular weight is 198 g/mol. The first-order chi connectivity index (χ1) is 6.66. The molecule has 0 N–H and O–H groups in total. The highest BCUT2D eigenvalue weighted by molar-refractivity contribution is 5.90. The second kappa shape index (κ2) is 4.50. The molecule has 0 unspecified atom stereocenters. The lowest BCUT2D eigenvalue weighted by atomic mass is 10.2. The average Bonchev–Trinajstić information content (AvgIpc) is 2.14. The summed E-state index contributed by atoms with van der Waals surface area (Å²) in [6.07, 6.45) is 1.32. The van der Waals surface area contributed by atoms with E-state index in [1.807, 2.05) is 0 Å². The fourth-order valence-electron chi connectivity index (χ4n) is 0.900. The molecule has 74 valence electrons. The summed E-state index contributed by atoms with van der Waals surface area (Å²) >= 11 is 0. The third-order valence-electron chi connectivity index (χ3n) is 1.50. The molecule has 0 fully saturated rings. The molecule has 4 heteroatoms. The molecular weight excluding hydrogens is 190 g/mol. The quantitative estimate of drug-likeness (QED) is 0.550. The smallest absolute Gasteiger partial charge is 0.344 e. The van der Waals surface area contributed by atoms with Gasteiger partial charge in [-0.3, -0.25) is 0 Å². The van der Waals surface area contributed by atoms with E-state index in [9.17, 15) is 13.6 Å². The van der Waals surface area contributed by atoms with Crippen LogP contribution < -0.4 is 0 Å². The number of esters is 1. The number of ether oxygens (including phenoxy) is 1. The molecule has 0 saturated carbocycles. The van der Waals surface area contributed by atoms with Crippen LogP contribution in [0.25, 0.3) is 0 Å². The summed E-state index contributed by atoms with van der Waals surface area (Å²) in [5.74, 6) is -2.89. The lowest BCUT2D eigenvalue weighted by molar-refractivity contribution is 0.0538. The van der Waals surface area contributed by atoms with Gasteiger partial charge in [0.1, 0.15) is 23.8 Å². The van der Waals surface area contributed by atoms with Crippen molar-refractivity contribution in [1.29, 1.82) is 0 Å². The molecule has 2 nitrogen and oxygen atoms in total. The minimum absolute atomic E-state index is 0.0768. The highest BCUT2D eigenvalue weighted by Gasteiger charge is 2.17. The maximum atomic E-state index is 13.0. The van der Waals surface area contributed by atoms with Crippen LogP contribution in [0.5, 0.6) is 0 Å². The molecular formula is C10H8F2O2. The summed E-state index contributed by atoms with van der Waals surface area (Å²) in [4.78, 5) is 11.1. The van der Waals surface area contributed by atoms with E-state index < -0.39 is 23.2 Å². The van der Waals surface area contributed by atoms with Crippen LogP contribution in [-0.4, -0.2) is 12.6 Å². The van der Waals surface area contributed by atoms with E-state index in [0.29, 0.717) is 0 Å². The highest BCUT2D eigenvalue weighted by atomic mass is 19.1. The first kappa shape index (κ1) is 10.4. The molecule has 0 bridgehead atoms. The van der Waals surface area contributed by atoms with Crippen molar-refractivity contribution in [3.63, 3.8) is 0 Å². The van der Waals surface area contributed by atoms with Gasteiger partial charge in [-0.2, -0.15) is 0 Å². The summed E-state index contributed by atoms with van der Waals surface area (Å²) in [6, 6.07) is 3.16. The molecule has 0 atom stereocenters. The largest absolute Gasteiger partial charge is 0.458 e. The highest BCUT2D eigenvalue weighted by Crippen LogP contribution is 2.12. The van der Waals surface area contributed by atoms with Gasteiger partial charge in [-0.15, -0.1) is 0 Å². The van der Waals surface area contributed by atoms with Gasteiger partial charge in [0.2, 0.25) is 0 Å². The predicted octanol–water partition coefficient (Wildman–Crippen LogP) is 2.31. The zero-order valence-electron chi connectivity index (χ0n) is 7.30. The van der Waals surface area contributed by atoms with E-state index >= 15 is 0 Å². The Morgan fingerprint density at radius 1 is 1.43 bits per heavy atom. The van der Waals surface area contributed by atoms with E-state index in [1.165, 1.54) is 12.1 Å². The maximum absolute atomic E-state index is 13.0. The standard InChI is InChI=1S/C10H8F2O2/c1-2-6-14-10(13)9-7(11)4-3-5-8(9)12/h2-5H,1,6H2. The molecule has 14 heavy (non-hydrogen) atoms. The number of hydrogen-bond acceptors (Lipinski definition) is 2. The van der Waals surface area contributed by atoms with E-state index in [4.69, 9.17) is 0 Å². The predicted molar refractivity (Wildman–Crippen MR) is 46.8 cm³/mol. The van der Waals surface area contributed by atoms with Gasteiger partial charge < -0.3 is 4.74 Å². The minimum atomic E-state index is -1.03. The second-order valence-corrected chi connectivity index (χ2v) is 2.48. The summed E-state index contributed by atoms with van der Waals surface area (Å²) in [7, 11) is 0. The Morgan fingerprint density at radius 3 is 2.50 bits per heavy atom. The molecule has 1 aromatic carbocycles. The Kier molecular flexibility index (Phi) is 3.34. The molecule has 0 aromatic heterocycles. The van der Waals surface area contributed by atoms with Crippen LogP contribution in [0.4, 0.5) is 8.78 Å². The molecule has 1 rings (SSSR count). The van der Waals surface area contributed by atoms with Crippen molar-refractivity contribution in [2.24, 2.45) is 0 Å². The Morgan fingerprint density at radius 2 is 2.00 bits per heavy atom. The third kappa shape index (κ3) is 2.16. The van der Waals surface area contributed by atoms with Crippen LogP contribution in [0.1, 0.15) is 10.4 Å². The molecule has 0 aliphatic rings.